The Morgan fingerprint density at radius 3 is 2.08 bits per heavy atom. The van der Waals surface area contributed by atoms with E-state index >= 15 is 0 Å². The van der Waals surface area contributed by atoms with E-state index in [1.807, 2.05) is 25.7 Å². The van der Waals surface area contributed by atoms with Crippen molar-refractivity contribution in [2.24, 2.45) is 5.92 Å². The highest BCUT2D eigenvalue weighted by atomic mass is 16.6. The Kier molecular flexibility index (Phi) is 5.72. The Balaban J connectivity index is 1.69. The zero-order valence-corrected chi connectivity index (χ0v) is 15.2. The van der Waals surface area contributed by atoms with E-state index in [4.69, 9.17) is 4.74 Å². The molecule has 0 bridgehead atoms. The van der Waals surface area contributed by atoms with E-state index in [0.717, 1.165) is 12.8 Å². The van der Waals surface area contributed by atoms with E-state index in [2.05, 4.69) is 0 Å². The molecule has 7 nitrogen and oxygen atoms in total. The lowest BCUT2D eigenvalue weighted by Gasteiger charge is -2.35. The minimum absolute atomic E-state index is 0.0175. The predicted molar refractivity (Wildman–Crippen MR) is 89.4 cm³/mol. The van der Waals surface area contributed by atoms with Crippen LogP contribution in [0.2, 0.25) is 0 Å². The van der Waals surface area contributed by atoms with Crippen LogP contribution in [0, 0.1) is 5.92 Å². The molecule has 0 radical (unpaired) electrons. The minimum atomic E-state index is -0.542. The molecule has 0 atom stereocenters. The van der Waals surface area contributed by atoms with Crippen molar-refractivity contribution >= 4 is 17.9 Å². The van der Waals surface area contributed by atoms with Gasteiger partial charge in [-0.25, -0.2) is 4.79 Å². The van der Waals surface area contributed by atoms with Crippen LogP contribution >= 0.6 is 0 Å². The molecule has 1 saturated carbocycles. The van der Waals surface area contributed by atoms with Crippen LogP contribution < -0.4 is 0 Å². The van der Waals surface area contributed by atoms with E-state index in [9.17, 15) is 14.4 Å². The van der Waals surface area contributed by atoms with E-state index < -0.39 is 11.7 Å². The van der Waals surface area contributed by atoms with Crippen LogP contribution in [0.1, 0.15) is 40.0 Å². The van der Waals surface area contributed by atoms with Gasteiger partial charge in [0.25, 0.3) is 0 Å². The molecule has 1 aliphatic carbocycles. The molecule has 0 aromatic carbocycles. The number of carbonyl (C=O) groups excluding carboxylic acids is 3. The molecule has 7 heteroatoms. The van der Waals surface area contributed by atoms with Gasteiger partial charge in [0.2, 0.25) is 11.8 Å². The number of rotatable bonds is 4. The molecule has 136 valence electrons. The van der Waals surface area contributed by atoms with Crippen LogP contribution in [-0.2, 0) is 14.3 Å². The summed E-state index contributed by atoms with van der Waals surface area (Å²) in [6, 6.07) is 0. The maximum atomic E-state index is 12.3. The van der Waals surface area contributed by atoms with Crippen molar-refractivity contribution in [1.82, 2.24) is 14.7 Å². The Morgan fingerprint density at radius 2 is 1.58 bits per heavy atom. The van der Waals surface area contributed by atoms with Gasteiger partial charge in [-0.1, -0.05) is 0 Å². The monoisotopic (exact) mass is 339 g/mol. The molecule has 0 spiro atoms. The molecule has 3 amide bonds. The van der Waals surface area contributed by atoms with Gasteiger partial charge in [-0.2, -0.15) is 0 Å². The average molecular weight is 339 g/mol. The van der Waals surface area contributed by atoms with Crippen molar-refractivity contribution in [3.63, 3.8) is 0 Å². The van der Waals surface area contributed by atoms with Crippen molar-refractivity contribution in [2.75, 3.05) is 39.8 Å². The van der Waals surface area contributed by atoms with Gasteiger partial charge in [-0.3, -0.25) is 9.59 Å². The normalized spacial score (nSPS) is 18.3. The first kappa shape index (κ1) is 18.5. The number of nitrogens with zero attached hydrogens (tertiary/aromatic N) is 3. The van der Waals surface area contributed by atoms with Crippen molar-refractivity contribution in [3.05, 3.63) is 0 Å². The first-order valence-electron chi connectivity index (χ1n) is 8.68. The second-order valence-corrected chi connectivity index (χ2v) is 7.63. The van der Waals surface area contributed by atoms with Crippen LogP contribution in [0.4, 0.5) is 4.79 Å². The summed E-state index contributed by atoms with van der Waals surface area (Å²) in [4.78, 5) is 41.2. The summed E-state index contributed by atoms with van der Waals surface area (Å²) in [5, 5.41) is 0. The molecular weight excluding hydrogens is 310 g/mol. The Morgan fingerprint density at radius 1 is 1.04 bits per heavy atom. The summed E-state index contributed by atoms with van der Waals surface area (Å²) in [5.74, 6) is 0.491. The lowest BCUT2D eigenvalue weighted by Crippen LogP contribution is -2.51. The molecule has 24 heavy (non-hydrogen) atoms. The summed E-state index contributed by atoms with van der Waals surface area (Å²) in [6.45, 7) is 8.15. The molecule has 1 aliphatic heterocycles. The quantitative estimate of drug-likeness (QED) is 0.775. The van der Waals surface area contributed by atoms with Gasteiger partial charge < -0.3 is 19.4 Å². The van der Waals surface area contributed by atoms with Crippen LogP contribution in [-0.4, -0.2) is 78.0 Å². The van der Waals surface area contributed by atoms with Crippen LogP contribution in [0.15, 0.2) is 0 Å². The van der Waals surface area contributed by atoms with Crippen molar-refractivity contribution < 1.29 is 19.1 Å². The van der Waals surface area contributed by atoms with Gasteiger partial charge in [0.15, 0.2) is 0 Å². The molecule has 1 heterocycles. The highest BCUT2D eigenvalue weighted by Crippen LogP contribution is 2.31. The first-order chi connectivity index (χ1) is 11.2. The van der Waals surface area contributed by atoms with E-state index in [1.165, 1.54) is 4.90 Å². The zero-order valence-electron chi connectivity index (χ0n) is 15.2. The van der Waals surface area contributed by atoms with Gasteiger partial charge in [-0.15, -0.1) is 0 Å². The molecular formula is C17H29N3O4. The number of amides is 3. The average Bonchev–Trinajstić information content (AvgIpc) is 3.34. The maximum Gasteiger partial charge on any atom is 0.410 e. The summed E-state index contributed by atoms with van der Waals surface area (Å²) >= 11 is 0. The van der Waals surface area contributed by atoms with Crippen molar-refractivity contribution in [1.29, 1.82) is 0 Å². The molecule has 2 rings (SSSR count). The largest absolute Gasteiger partial charge is 0.444 e. The summed E-state index contributed by atoms with van der Waals surface area (Å²) in [6.07, 6.45) is 1.87. The number of hydrogen-bond acceptors (Lipinski definition) is 4. The number of carbonyl (C=O) groups is 3. The van der Waals surface area contributed by atoms with Gasteiger partial charge >= 0.3 is 6.09 Å². The molecule has 1 saturated heterocycles. The van der Waals surface area contributed by atoms with Gasteiger partial charge in [0, 0.05) is 52.1 Å². The van der Waals surface area contributed by atoms with E-state index in [-0.39, 0.29) is 24.2 Å². The fourth-order valence-corrected chi connectivity index (χ4v) is 2.62. The Bertz CT molecular complexity index is 489. The Hall–Kier alpha value is -1.79. The summed E-state index contributed by atoms with van der Waals surface area (Å²) in [7, 11) is 1.63. The minimum Gasteiger partial charge on any atom is -0.444 e. The SMILES string of the molecule is CN(CCC(=O)N1CCN(C(=O)C2CC2)CC1)C(=O)OC(C)(C)C. The van der Waals surface area contributed by atoms with Gasteiger partial charge in [-0.05, 0) is 33.6 Å². The number of piperazine rings is 1. The number of hydrogen-bond donors (Lipinski definition) is 0. The third-order valence-corrected chi connectivity index (χ3v) is 4.24. The fourth-order valence-electron chi connectivity index (χ4n) is 2.62. The van der Waals surface area contributed by atoms with Gasteiger partial charge in [0.05, 0.1) is 0 Å². The molecule has 0 aromatic heterocycles. The number of ether oxygens (including phenoxy) is 1. The standard InChI is InChI=1S/C17H29N3O4/c1-17(2,3)24-16(23)18(4)8-7-14(21)19-9-11-20(12-10-19)15(22)13-5-6-13/h13H,5-12H2,1-4H3. The lowest BCUT2D eigenvalue weighted by atomic mass is 10.2. The van der Waals surface area contributed by atoms with E-state index in [0.29, 0.717) is 32.7 Å². The fraction of sp³-hybridized carbons (Fsp3) is 0.824. The second-order valence-electron chi connectivity index (χ2n) is 7.63. The maximum absolute atomic E-state index is 12.3. The van der Waals surface area contributed by atoms with Crippen molar-refractivity contribution in [2.45, 2.75) is 45.6 Å². The topological polar surface area (TPSA) is 70.2 Å². The van der Waals surface area contributed by atoms with Crippen LogP contribution in [0.5, 0.6) is 0 Å². The third-order valence-electron chi connectivity index (χ3n) is 4.24. The summed E-state index contributed by atoms with van der Waals surface area (Å²) < 4.78 is 5.26. The molecule has 0 aromatic rings. The molecule has 2 fully saturated rings. The molecule has 2 aliphatic rings. The lowest BCUT2D eigenvalue weighted by molar-refractivity contribution is -0.140. The highest BCUT2D eigenvalue weighted by Gasteiger charge is 2.35. The van der Waals surface area contributed by atoms with E-state index in [1.54, 1.807) is 11.9 Å². The predicted octanol–water partition coefficient (Wildman–Crippen LogP) is 1.32. The highest BCUT2D eigenvalue weighted by molar-refractivity contribution is 5.82. The summed E-state index contributed by atoms with van der Waals surface area (Å²) in [5.41, 5.74) is -0.542. The third kappa shape index (κ3) is 5.39. The second kappa shape index (κ2) is 7.40. The Labute approximate surface area is 143 Å². The molecule has 0 unspecified atom stereocenters. The van der Waals surface area contributed by atoms with Crippen LogP contribution in [0.3, 0.4) is 0 Å². The molecule has 0 N–H and O–H groups in total. The zero-order chi connectivity index (χ0) is 17.9. The van der Waals surface area contributed by atoms with Gasteiger partial charge in [0.1, 0.15) is 5.60 Å². The van der Waals surface area contributed by atoms with Crippen molar-refractivity contribution in [3.8, 4) is 0 Å². The first-order valence-corrected chi connectivity index (χ1v) is 8.68. The van der Waals surface area contributed by atoms with Crippen LogP contribution in [0.25, 0.3) is 0 Å². The smallest absolute Gasteiger partial charge is 0.410 e.